The number of fused-ring (bicyclic) bond motifs is 2. The van der Waals surface area contributed by atoms with Gasteiger partial charge in [-0.1, -0.05) is 43.0 Å². The van der Waals surface area contributed by atoms with Crippen LogP contribution in [-0.2, 0) is 13.1 Å². The van der Waals surface area contributed by atoms with Crippen LogP contribution in [0.5, 0.6) is 0 Å². The summed E-state index contributed by atoms with van der Waals surface area (Å²) in [6, 6.07) is 17.7. The molecule has 0 fully saturated rings. The molecular weight excluding hydrogens is 368 g/mol. The van der Waals surface area contributed by atoms with E-state index in [2.05, 4.69) is 95.2 Å². The van der Waals surface area contributed by atoms with Gasteiger partial charge in [0.2, 0.25) is 0 Å². The maximum absolute atomic E-state index is 4.13. The second-order valence-corrected chi connectivity index (χ2v) is 7.51. The second-order valence-electron chi connectivity index (χ2n) is 7.51. The average molecular weight is 397 g/mol. The van der Waals surface area contributed by atoms with Gasteiger partial charge in [-0.2, -0.15) is 0 Å². The molecule has 0 saturated heterocycles. The van der Waals surface area contributed by atoms with Crippen molar-refractivity contribution in [3.63, 3.8) is 0 Å². The molecule has 150 valence electrons. The first kappa shape index (κ1) is 19.6. The summed E-state index contributed by atoms with van der Waals surface area (Å²) in [6.07, 6.45) is 12.0. The maximum Gasteiger partial charge on any atom is 0.185 e. The van der Waals surface area contributed by atoms with Gasteiger partial charge in [-0.15, -0.1) is 0 Å². The van der Waals surface area contributed by atoms with E-state index in [4.69, 9.17) is 0 Å². The van der Waals surface area contributed by atoms with Crippen molar-refractivity contribution in [3.8, 4) is 0 Å². The highest BCUT2D eigenvalue weighted by Gasteiger charge is 2.13. The fourth-order valence-electron chi connectivity index (χ4n) is 3.85. The molecule has 0 atom stereocenters. The summed E-state index contributed by atoms with van der Waals surface area (Å²) in [4.78, 5) is 2.06. The molecule has 30 heavy (non-hydrogen) atoms. The molecule has 4 nitrogen and oxygen atoms in total. The van der Waals surface area contributed by atoms with Crippen molar-refractivity contribution in [1.29, 1.82) is 0 Å². The van der Waals surface area contributed by atoms with Gasteiger partial charge in [-0.3, -0.25) is 0 Å². The largest absolute Gasteiger partial charge is 0.389 e. The van der Waals surface area contributed by atoms with E-state index in [1.807, 2.05) is 30.2 Å². The Hall–Kier alpha value is -3.66. The zero-order valence-electron chi connectivity index (χ0n) is 17.5. The molecule has 3 aromatic rings. The Kier molecular flexibility index (Phi) is 5.75. The molecule has 0 spiro atoms. The Balaban J connectivity index is 1.73. The zero-order chi connectivity index (χ0) is 20.9. The quantitative estimate of drug-likeness (QED) is 0.363. The molecule has 0 bridgehead atoms. The fourth-order valence-corrected chi connectivity index (χ4v) is 3.85. The molecule has 0 aliphatic carbocycles. The first-order valence-electron chi connectivity index (χ1n) is 10.2. The van der Waals surface area contributed by atoms with Crippen LogP contribution in [0.25, 0.3) is 21.5 Å². The molecule has 1 aliphatic heterocycles. The number of nitrogens with one attached hydrogen (secondary N) is 1. The molecular formula is C26H28N4+2. The van der Waals surface area contributed by atoms with Crippen molar-refractivity contribution in [2.24, 2.45) is 0 Å². The SMILES string of the molecule is C=CN1C=C[N+](Cc2cccc3cc4cccc(C[N+](=C)/C=C\NC)c4cc23)=CC1. The first-order chi connectivity index (χ1) is 14.7. The summed E-state index contributed by atoms with van der Waals surface area (Å²) in [5.74, 6) is 0. The van der Waals surface area contributed by atoms with Gasteiger partial charge in [-0.05, 0) is 39.9 Å². The van der Waals surface area contributed by atoms with Gasteiger partial charge in [-0.25, -0.2) is 9.15 Å². The number of nitrogens with zero attached hydrogens (tertiary/aromatic N) is 3. The molecule has 4 rings (SSSR count). The smallest absolute Gasteiger partial charge is 0.185 e. The number of rotatable bonds is 7. The topological polar surface area (TPSA) is 21.3 Å². The Morgan fingerprint density at radius 1 is 1.10 bits per heavy atom. The lowest BCUT2D eigenvalue weighted by Crippen LogP contribution is -2.22. The van der Waals surface area contributed by atoms with Crippen molar-refractivity contribution in [2.75, 3.05) is 13.6 Å². The van der Waals surface area contributed by atoms with Gasteiger partial charge in [0.15, 0.2) is 31.7 Å². The van der Waals surface area contributed by atoms with Gasteiger partial charge in [0.25, 0.3) is 0 Å². The van der Waals surface area contributed by atoms with E-state index in [1.54, 1.807) is 0 Å². The van der Waals surface area contributed by atoms with Crippen LogP contribution in [0.3, 0.4) is 0 Å². The summed E-state index contributed by atoms with van der Waals surface area (Å²) >= 11 is 0. The summed E-state index contributed by atoms with van der Waals surface area (Å²) in [5, 5.41) is 8.12. The van der Waals surface area contributed by atoms with Gasteiger partial charge >= 0.3 is 0 Å². The lowest BCUT2D eigenvalue weighted by atomic mass is 9.96. The molecule has 0 aromatic heterocycles. The van der Waals surface area contributed by atoms with Crippen LogP contribution < -0.4 is 5.32 Å². The minimum absolute atomic E-state index is 0.753. The lowest BCUT2D eigenvalue weighted by molar-refractivity contribution is -0.472. The van der Waals surface area contributed by atoms with Crippen LogP contribution >= 0.6 is 0 Å². The van der Waals surface area contributed by atoms with Crippen LogP contribution in [0.2, 0.25) is 0 Å². The van der Waals surface area contributed by atoms with E-state index in [1.165, 1.54) is 32.7 Å². The zero-order valence-corrected chi connectivity index (χ0v) is 17.5. The molecule has 4 heteroatoms. The first-order valence-corrected chi connectivity index (χ1v) is 10.2. The van der Waals surface area contributed by atoms with E-state index < -0.39 is 0 Å². The monoisotopic (exact) mass is 396 g/mol. The molecule has 3 aromatic carbocycles. The average Bonchev–Trinajstić information content (AvgIpc) is 2.77. The standard InChI is InChI=1S/C26H28N4/c1-4-29-13-15-30(16-14-29)20-24-10-6-8-22-17-21-7-5-9-23(25(21)18-26(22)24)19-28(3)12-11-27-2/h4-13,15-18,27H,1,3,14,19-20H2,2H3/q+2/b12-11-. The summed E-state index contributed by atoms with van der Waals surface area (Å²) in [6.45, 7) is 10.4. The maximum atomic E-state index is 4.13. The fraction of sp³-hybridized carbons (Fsp3) is 0.154. The number of benzene rings is 3. The Labute approximate surface area is 178 Å². The molecule has 0 saturated carbocycles. The second kappa shape index (κ2) is 8.78. The van der Waals surface area contributed by atoms with Crippen LogP contribution in [0.4, 0.5) is 0 Å². The van der Waals surface area contributed by atoms with Gasteiger partial charge < -0.3 is 10.2 Å². The minimum Gasteiger partial charge on any atom is -0.389 e. The van der Waals surface area contributed by atoms with Crippen molar-refractivity contribution >= 4 is 34.5 Å². The predicted molar refractivity (Wildman–Crippen MR) is 127 cm³/mol. The van der Waals surface area contributed by atoms with E-state index >= 15 is 0 Å². The van der Waals surface area contributed by atoms with Crippen LogP contribution in [0.1, 0.15) is 11.1 Å². The third kappa shape index (κ3) is 4.18. The van der Waals surface area contributed by atoms with Gasteiger partial charge in [0, 0.05) is 18.2 Å². The summed E-state index contributed by atoms with van der Waals surface area (Å²) < 4.78 is 4.19. The van der Waals surface area contributed by atoms with Crippen molar-refractivity contribution in [2.45, 2.75) is 13.1 Å². The third-order valence-corrected chi connectivity index (χ3v) is 5.45. The number of hydrogen-bond donors (Lipinski definition) is 1. The van der Waals surface area contributed by atoms with Crippen molar-refractivity contribution < 1.29 is 9.15 Å². The Morgan fingerprint density at radius 2 is 1.83 bits per heavy atom. The highest BCUT2D eigenvalue weighted by molar-refractivity contribution is 6.00. The normalized spacial score (nSPS) is 13.8. The highest BCUT2D eigenvalue weighted by atomic mass is 15.1. The van der Waals surface area contributed by atoms with Crippen LogP contribution in [0.15, 0.2) is 86.1 Å². The summed E-state index contributed by atoms with van der Waals surface area (Å²) in [5.41, 5.74) is 2.59. The molecule has 0 unspecified atom stereocenters. The molecule has 1 N–H and O–H groups in total. The van der Waals surface area contributed by atoms with Crippen LogP contribution in [0, 0.1) is 0 Å². The number of hydrogen-bond acceptors (Lipinski definition) is 2. The third-order valence-electron chi connectivity index (χ3n) is 5.45. The molecule has 1 heterocycles. The Bertz CT molecular complexity index is 1200. The highest BCUT2D eigenvalue weighted by Crippen LogP contribution is 2.28. The Morgan fingerprint density at radius 3 is 2.50 bits per heavy atom. The van der Waals surface area contributed by atoms with Crippen molar-refractivity contribution in [1.82, 2.24) is 10.2 Å². The molecule has 1 aliphatic rings. The van der Waals surface area contributed by atoms with Gasteiger partial charge in [0.05, 0.1) is 18.9 Å². The van der Waals surface area contributed by atoms with E-state index in [9.17, 15) is 0 Å². The van der Waals surface area contributed by atoms with E-state index in [0.29, 0.717) is 0 Å². The lowest BCUT2D eigenvalue weighted by Gasteiger charge is -2.14. The molecule has 0 radical (unpaired) electrons. The minimum atomic E-state index is 0.753. The predicted octanol–water partition coefficient (Wildman–Crippen LogP) is 4.41. The van der Waals surface area contributed by atoms with E-state index in [0.717, 1.165) is 19.6 Å². The summed E-state index contributed by atoms with van der Waals surface area (Å²) in [7, 11) is 1.89. The molecule has 0 amide bonds. The van der Waals surface area contributed by atoms with Gasteiger partial charge in [0.1, 0.15) is 6.72 Å². The van der Waals surface area contributed by atoms with Crippen LogP contribution in [-0.4, -0.2) is 40.6 Å². The van der Waals surface area contributed by atoms with E-state index in [-0.39, 0.29) is 0 Å². The van der Waals surface area contributed by atoms with Crippen molar-refractivity contribution in [3.05, 3.63) is 97.2 Å².